The number of Topliss-reactive ketones (excluding diaryl/α,β-unsaturated/α-hetero) is 1. The monoisotopic (exact) mass is 205 g/mol. The van der Waals surface area contributed by atoms with Gasteiger partial charge in [-0.05, 0) is 17.5 Å². The molecule has 0 aliphatic carbocycles. The predicted octanol–water partition coefficient (Wildman–Crippen LogP) is 1.57. The van der Waals surface area contributed by atoms with Gasteiger partial charge in [-0.25, -0.2) is 0 Å². The summed E-state index contributed by atoms with van der Waals surface area (Å²) in [6.45, 7) is 0. The van der Waals surface area contributed by atoms with Gasteiger partial charge in [0.25, 0.3) is 11.7 Å². The minimum atomic E-state index is -0.906. The Hall–Kier alpha value is -1.68. The number of carbonyl (C=O) groups is 2. The van der Waals surface area contributed by atoms with Crippen LogP contribution in [0.5, 0.6) is 0 Å². The highest BCUT2D eigenvalue weighted by Crippen LogP contribution is 2.25. The third kappa shape index (κ3) is 1.40. The molecule has 2 aromatic rings. The van der Waals surface area contributed by atoms with Crippen molar-refractivity contribution in [1.82, 2.24) is 0 Å². The van der Waals surface area contributed by atoms with E-state index in [0.717, 1.165) is 10.1 Å². The number of primary amides is 1. The maximum Gasteiger partial charge on any atom is 0.290 e. The molecule has 70 valence electrons. The SMILES string of the molecule is NC(=O)C(=O)c1cc2ccccc2s1. The summed E-state index contributed by atoms with van der Waals surface area (Å²) in [7, 11) is 0. The molecule has 0 unspecified atom stereocenters. The molecule has 1 heterocycles. The molecular formula is C10H7NO2S. The molecule has 0 bridgehead atoms. The van der Waals surface area contributed by atoms with Crippen molar-refractivity contribution in [2.24, 2.45) is 5.73 Å². The first-order chi connectivity index (χ1) is 6.68. The summed E-state index contributed by atoms with van der Waals surface area (Å²) in [5, 5.41) is 0.960. The van der Waals surface area contributed by atoms with Crippen molar-refractivity contribution in [3.63, 3.8) is 0 Å². The molecule has 14 heavy (non-hydrogen) atoms. The number of benzene rings is 1. The first-order valence-electron chi connectivity index (χ1n) is 4.01. The van der Waals surface area contributed by atoms with Crippen LogP contribution in [0.1, 0.15) is 9.67 Å². The lowest BCUT2D eigenvalue weighted by molar-refractivity contribution is -0.114. The Bertz CT molecular complexity index is 483. The van der Waals surface area contributed by atoms with Crippen LogP contribution in [0, 0.1) is 0 Å². The first-order valence-corrected chi connectivity index (χ1v) is 4.83. The van der Waals surface area contributed by atoms with Crippen LogP contribution in [0.2, 0.25) is 0 Å². The molecule has 0 radical (unpaired) electrons. The lowest BCUT2D eigenvalue weighted by Gasteiger charge is -1.86. The molecule has 3 nitrogen and oxygen atoms in total. The molecule has 0 fully saturated rings. The van der Waals surface area contributed by atoms with Crippen molar-refractivity contribution in [2.45, 2.75) is 0 Å². The molecule has 0 spiro atoms. The Balaban J connectivity index is 2.55. The topological polar surface area (TPSA) is 60.2 Å². The third-order valence-electron chi connectivity index (χ3n) is 1.87. The van der Waals surface area contributed by atoms with Gasteiger partial charge in [0.05, 0.1) is 4.88 Å². The van der Waals surface area contributed by atoms with Crippen molar-refractivity contribution >= 4 is 33.1 Å². The second-order valence-corrected chi connectivity index (χ2v) is 3.93. The van der Waals surface area contributed by atoms with Crippen LogP contribution >= 0.6 is 11.3 Å². The van der Waals surface area contributed by atoms with Crippen LogP contribution < -0.4 is 5.73 Å². The normalized spacial score (nSPS) is 10.3. The van der Waals surface area contributed by atoms with E-state index in [4.69, 9.17) is 5.73 Å². The van der Waals surface area contributed by atoms with E-state index in [1.165, 1.54) is 11.3 Å². The van der Waals surface area contributed by atoms with E-state index in [1.807, 2.05) is 24.3 Å². The van der Waals surface area contributed by atoms with E-state index in [-0.39, 0.29) is 0 Å². The fourth-order valence-electron chi connectivity index (χ4n) is 1.22. The van der Waals surface area contributed by atoms with Gasteiger partial charge in [0.1, 0.15) is 0 Å². The summed E-state index contributed by atoms with van der Waals surface area (Å²) < 4.78 is 0.983. The van der Waals surface area contributed by atoms with Crippen molar-refractivity contribution in [1.29, 1.82) is 0 Å². The molecule has 0 saturated carbocycles. The van der Waals surface area contributed by atoms with E-state index in [9.17, 15) is 9.59 Å². The van der Waals surface area contributed by atoms with Crippen LogP contribution in [0.15, 0.2) is 30.3 Å². The summed E-state index contributed by atoms with van der Waals surface area (Å²) in [6.07, 6.45) is 0. The summed E-state index contributed by atoms with van der Waals surface area (Å²) in [4.78, 5) is 22.3. The fourth-order valence-corrected chi connectivity index (χ4v) is 2.22. The summed E-state index contributed by atoms with van der Waals surface area (Å²) in [5.74, 6) is -1.53. The second kappa shape index (κ2) is 3.23. The third-order valence-corrected chi connectivity index (χ3v) is 2.99. The van der Waals surface area contributed by atoms with Gasteiger partial charge < -0.3 is 5.73 Å². The van der Waals surface area contributed by atoms with Gasteiger partial charge in [0.2, 0.25) is 0 Å². The summed E-state index contributed by atoms with van der Waals surface area (Å²) >= 11 is 1.28. The van der Waals surface area contributed by atoms with E-state index in [1.54, 1.807) is 6.07 Å². The average molecular weight is 205 g/mol. The highest BCUT2D eigenvalue weighted by atomic mass is 32.1. The fraction of sp³-hybridized carbons (Fsp3) is 0. The number of rotatable bonds is 2. The zero-order chi connectivity index (χ0) is 10.1. The standard InChI is InChI=1S/C10H7NO2S/c11-10(13)9(12)8-5-6-3-1-2-4-7(6)14-8/h1-5H,(H2,11,13). The van der Waals surface area contributed by atoms with Gasteiger partial charge in [-0.1, -0.05) is 18.2 Å². The molecule has 0 atom stereocenters. The molecule has 2 N–H and O–H groups in total. The molecule has 4 heteroatoms. The van der Waals surface area contributed by atoms with Crippen molar-refractivity contribution in [2.75, 3.05) is 0 Å². The average Bonchev–Trinajstić information content (AvgIpc) is 2.59. The molecule has 1 aromatic heterocycles. The van der Waals surface area contributed by atoms with Crippen molar-refractivity contribution in [3.8, 4) is 0 Å². The van der Waals surface area contributed by atoms with Crippen LogP contribution in [0.3, 0.4) is 0 Å². The highest BCUT2D eigenvalue weighted by molar-refractivity contribution is 7.21. The zero-order valence-corrected chi connectivity index (χ0v) is 8.01. The number of hydrogen-bond donors (Lipinski definition) is 1. The molecular weight excluding hydrogens is 198 g/mol. The minimum absolute atomic E-state index is 0.402. The number of fused-ring (bicyclic) bond motifs is 1. The van der Waals surface area contributed by atoms with Gasteiger partial charge in [0.15, 0.2) is 0 Å². The van der Waals surface area contributed by atoms with Gasteiger partial charge >= 0.3 is 0 Å². The minimum Gasteiger partial charge on any atom is -0.363 e. The second-order valence-electron chi connectivity index (χ2n) is 2.84. The van der Waals surface area contributed by atoms with Crippen LogP contribution in [-0.2, 0) is 4.79 Å². The largest absolute Gasteiger partial charge is 0.363 e. The number of amides is 1. The Morgan fingerprint density at radius 1 is 1.21 bits per heavy atom. The van der Waals surface area contributed by atoms with E-state index in [0.29, 0.717) is 4.88 Å². The van der Waals surface area contributed by atoms with Crippen LogP contribution in [0.4, 0.5) is 0 Å². The molecule has 0 saturated heterocycles. The van der Waals surface area contributed by atoms with E-state index in [2.05, 4.69) is 0 Å². The first kappa shape index (κ1) is 8.90. The summed E-state index contributed by atoms with van der Waals surface area (Å²) in [5.41, 5.74) is 4.91. The van der Waals surface area contributed by atoms with Crippen LogP contribution in [0.25, 0.3) is 10.1 Å². The highest BCUT2D eigenvalue weighted by Gasteiger charge is 2.14. The predicted molar refractivity (Wildman–Crippen MR) is 55.3 cm³/mol. The molecule has 2 rings (SSSR count). The number of thiophene rings is 1. The maximum atomic E-state index is 11.2. The van der Waals surface area contributed by atoms with Crippen LogP contribution in [-0.4, -0.2) is 11.7 Å². The zero-order valence-electron chi connectivity index (χ0n) is 7.19. The van der Waals surface area contributed by atoms with Gasteiger partial charge in [-0.15, -0.1) is 11.3 Å². The van der Waals surface area contributed by atoms with Gasteiger partial charge in [-0.2, -0.15) is 0 Å². The van der Waals surface area contributed by atoms with E-state index >= 15 is 0 Å². The van der Waals surface area contributed by atoms with Crippen molar-refractivity contribution in [3.05, 3.63) is 35.2 Å². The number of ketones is 1. The number of hydrogen-bond acceptors (Lipinski definition) is 3. The molecule has 0 aliphatic heterocycles. The summed E-state index contributed by atoms with van der Waals surface area (Å²) in [6, 6.07) is 9.25. The number of nitrogens with two attached hydrogens (primary N) is 1. The molecule has 0 aliphatic rings. The smallest absolute Gasteiger partial charge is 0.290 e. The Labute approximate surface area is 84.1 Å². The number of carbonyl (C=O) groups excluding carboxylic acids is 2. The van der Waals surface area contributed by atoms with Gasteiger partial charge in [-0.3, -0.25) is 9.59 Å². The molecule has 1 amide bonds. The Morgan fingerprint density at radius 3 is 2.57 bits per heavy atom. The Kier molecular flexibility index (Phi) is 2.05. The Morgan fingerprint density at radius 2 is 1.93 bits per heavy atom. The quantitative estimate of drug-likeness (QED) is 0.597. The molecule has 1 aromatic carbocycles. The van der Waals surface area contributed by atoms with Gasteiger partial charge in [0, 0.05) is 4.70 Å². The lowest BCUT2D eigenvalue weighted by atomic mass is 10.2. The van der Waals surface area contributed by atoms with E-state index < -0.39 is 11.7 Å². The lowest BCUT2D eigenvalue weighted by Crippen LogP contribution is -2.21. The maximum absolute atomic E-state index is 11.2. The van der Waals surface area contributed by atoms with Crippen molar-refractivity contribution < 1.29 is 9.59 Å².